The quantitative estimate of drug-likeness (QED) is 0.170. The molecule has 7 nitrogen and oxygen atoms in total. The number of pyridine rings is 1. The molecule has 5 N–H and O–H groups in total. The van der Waals surface area contributed by atoms with Gasteiger partial charge in [0.2, 0.25) is 0 Å². The van der Waals surface area contributed by atoms with Crippen LogP contribution in [-0.4, -0.2) is 17.4 Å². The molecule has 0 amide bonds. The maximum absolute atomic E-state index is 5.85. The highest BCUT2D eigenvalue weighted by molar-refractivity contribution is 5.81. The molecule has 0 radical (unpaired) electrons. The Kier molecular flexibility index (Phi) is 7.42. The Labute approximate surface area is 170 Å². The van der Waals surface area contributed by atoms with Crippen LogP contribution in [0.5, 0.6) is 11.5 Å². The number of hydrogen-bond donors (Lipinski definition) is 3. The fraction of sp³-hybridized carbons (Fsp3) is 0.182. The lowest BCUT2D eigenvalue weighted by atomic mass is 10.1. The number of rotatable bonds is 9. The van der Waals surface area contributed by atoms with Gasteiger partial charge in [0.05, 0.1) is 12.3 Å². The first-order chi connectivity index (χ1) is 14.3. The summed E-state index contributed by atoms with van der Waals surface area (Å²) in [5.74, 6) is 12.5. The van der Waals surface area contributed by atoms with Gasteiger partial charge < -0.3 is 20.7 Å². The summed E-state index contributed by atoms with van der Waals surface area (Å²) >= 11 is 0. The minimum Gasteiger partial charge on any atom is -0.493 e. The van der Waals surface area contributed by atoms with Crippen molar-refractivity contribution in [1.82, 2.24) is 10.4 Å². The van der Waals surface area contributed by atoms with Crippen molar-refractivity contribution in [3.63, 3.8) is 0 Å². The van der Waals surface area contributed by atoms with Gasteiger partial charge in [-0.3, -0.25) is 4.98 Å². The molecule has 3 aromatic rings. The number of ether oxygens (including phenoxy) is 2. The molecule has 3 rings (SSSR count). The lowest BCUT2D eigenvalue weighted by molar-refractivity contribution is 0.290. The second-order valence-corrected chi connectivity index (χ2v) is 6.34. The lowest BCUT2D eigenvalue weighted by Gasteiger charge is -2.10. The first-order valence-corrected chi connectivity index (χ1v) is 9.38. The van der Waals surface area contributed by atoms with Crippen LogP contribution in [0.25, 0.3) is 11.1 Å². The van der Waals surface area contributed by atoms with Crippen molar-refractivity contribution < 1.29 is 9.47 Å². The molecule has 2 aromatic carbocycles. The van der Waals surface area contributed by atoms with Gasteiger partial charge in [0.1, 0.15) is 23.9 Å². The average Bonchev–Trinajstić information content (AvgIpc) is 2.79. The molecule has 0 spiro atoms. The number of nitrogens with one attached hydrogen (secondary N) is 1. The summed E-state index contributed by atoms with van der Waals surface area (Å²) in [6.07, 6.45) is 3.22. The van der Waals surface area contributed by atoms with E-state index in [4.69, 9.17) is 21.2 Å². The number of nitrogens with zero attached hydrogens (tertiary/aromatic N) is 2. The van der Waals surface area contributed by atoms with Gasteiger partial charge in [-0.2, -0.15) is 5.10 Å². The van der Waals surface area contributed by atoms with Gasteiger partial charge in [-0.05, 0) is 30.2 Å². The molecule has 7 heteroatoms. The first kappa shape index (κ1) is 20.2. The van der Waals surface area contributed by atoms with Crippen LogP contribution < -0.4 is 26.6 Å². The SMILES string of the molecule is N/N=C(/CCCOc1cccc(OCc2ccc(-c3ccccc3)cn2)c1)NN. The Balaban J connectivity index is 1.49. The van der Waals surface area contributed by atoms with Crippen LogP contribution >= 0.6 is 0 Å². The highest BCUT2D eigenvalue weighted by Crippen LogP contribution is 2.21. The van der Waals surface area contributed by atoms with E-state index in [1.165, 1.54) is 0 Å². The van der Waals surface area contributed by atoms with Crippen LogP contribution in [0.15, 0.2) is 78.0 Å². The third-order valence-electron chi connectivity index (χ3n) is 4.27. The Morgan fingerprint density at radius 2 is 1.72 bits per heavy atom. The van der Waals surface area contributed by atoms with Gasteiger partial charge in [0.25, 0.3) is 0 Å². The molecule has 29 heavy (non-hydrogen) atoms. The summed E-state index contributed by atoms with van der Waals surface area (Å²) in [7, 11) is 0. The highest BCUT2D eigenvalue weighted by Gasteiger charge is 2.03. The molecule has 0 unspecified atom stereocenters. The predicted molar refractivity (Wildman–Crippen MR) is 114 cm³/mol. The Morgan fingerprint density at radius 1 is 0.931 bits per heavy atom. The topological polar surface area (TPSA) is 108 Å². The van der Waals surface area contributed by atoms with Gasteiger partial charge in [0, 0.05) is 24.2 Å². The van der Waals surface area contributed by atoms with Crippen LogP contribution in [0.3, 0.4) is 0 Å². The van der Waals surface area contributed by atoms with Gasteiger partial charge in [-0.1, -0.05) is 42.5 Å². The number of hydrogen-bond acceptors (Lipinski definition) is 6. The van der Waals surface area contributed by atoms with E-state index in [2.05, 4.69) is 33.7 Å². The molecule has 0 aliphatic rings. The van der Waals surface area contributed by atoms with Crippen molar-refractivity contribution in [1.29, 1.82) is 0 Å². The molecule has 0 aliphatic carbocycles. The molecule has 0 atom stereocenters. The summed E-state index contributed by atoms with van der Waals surface area (Å²) in [5.41, 5.74) is 5.53. The summed E-state index contributed by atoms with van der Waals surface area (Å²) in [5, 5.41) is 3.54. The monoisotopic (exact) mass is 391 g/mol. The van der Waals surface area contributed by atoms with Crippen LogP contribution in [0.4, 0.5) is 0 Å². The Hall–Kier alpha value is -3.58. The summed E-state index contributed by atoms with van der Waals surface area (Å²) in [6.45, 7) is 0.906. The van der Waals surface area contributed by atoms with Gasteiger partial charge >= 0.3 is 0 Å². The third-order valence-corrected chi connectivity index (χ3v) is 4.27. The lowest BCUT2D eigenvalue weighted by Crippen LogP contribution is -2.31. The number of aromatic nitrogens is 1. The van der Waals surface area contributed by atoms with E-state index in [1.807, 2.05) is 54.7 Å². The van der Waals surface area contributed by atoms with Gasteiger partial charge in [-0.15, -0.1) is 0 Å². The molecule has 0 saturated heterocycles. The van der Waals surface area contributed by atoms with Crippen LogP contribution in [-0.2, 0) is 6.61 Å². The summed E-state index contributed by atoms with van der Waals surface area (Å²) < 4.78 is 11.6. The smallest absolute Gasteiger partial charge is 0.136 e. The molecule has 0 aliphatic heterocycles. The van der Waals surface area contributed by atoms with Crippen LogP contribution in [0, 0.1) is 0 Å². The number of nitrogens with two attached hydrogens (primary N) is 2. The average molecular weight is 391 g/mol. The normalized spacial score (nSPS) is 11.1. The van der Waals surface area contributed by atoms with Crippen molar-refractivity contribution in [3.05, 3.63) is 78.6 Å². The minimum atomic E-state index is 0.386. The van der Waals surface area contributed by atoms with E-state index < -0.39 is 0 Å². The summed E-state index contributed by atoms with van der Waals surface area (Å²) in [6, 6.07) is 21.7. The molecule has 1 heterocycles. The molecule has 150 valence electrons. The maximum Gasteiger partial charge on any atom is 0.136 e. The van der Waals surface area contributed by atoms with E-state index in [0.717, 1.165) is 34.7 Å². The molecular weight excluding hydrogens is 366 g/mol. The largest absolute Gasteiger partial charge is 0.493 e. The number of hydrazone groups is 1. The van der Waals surface area contributed by atoms with E-state index in [0.29, 0.717) is 25.5 Å². The van der Waals surface area contributed by atoms with Crippen molar-refractivity contribution in [3.8, 4) is 22.6 Å². The standard InChI is InChI=1S/C22H25N5O2/c23-26-22(27-24)10-5-13-28-20-8-4-9-21(14-20)29-16-19-12-11-18(15-25-19)17-6-2-1-3-7-17/h1-4,6-9,11-12,14-15H,5,10,13,16,23-24H2,(H,26,27). The zero-order valence-electron chi connectivity index (χ0n) is 16.1. The van der Waals surface area contributed by atoms with Gasteiger partial charge in [0.15, 0.2) is 0 Å². The number of hydrazine groups is 1. The predicted octanol–water partition coefficient (Wildman–Crippen LogP) is 3.22. The second kappa shape index (κ2) is 10.7. The van der Waals surface area contributed by atoms with Crippen molar-refractivity contribution in [2.45, 2.75) is 19.4 Å². The van der Waals surface area contributed by atoms with E-state index in [9.17, 15) is 0 Å². The van der Waals surface area contributed by atoms with Gasteiger partial charge in [-0.25, -0.2) is 5.84 Å². The molecule has 0 bridgehead atoms. The third kappa shape index (κ3) is 6.22. The van der Waals surface area contributed by atoms with E-state index >= 15 is 0 Å². The first-order valence-electron chi connectivity index (χ1n) is 9.38. The maximum atomic E-state index is 5.85. The van der Waals surface area contributed by atoms with Crippen molar-refractivity contribution in [2.24, 2.45) is 16.8 Å². The highest BCUT2D eigenvalue weighted by atomic mass is 16.5. The number of benzene rings is 2. The van der Waals surface area contributed by atoms with E-state index in [-0.39, 0.29) is 0 Å². The summed E-state index contributed by atoms with van der Waals surface area (Å²) in [4.78, 5) is 4.49. The van der Waals surface area contributed by atoms with Crippen LogP contribution in [0.2, 0.25) is 0 Å². The number of amidine groups is 1. The fourth-order valence-corrected chi connectivity index (χ4v) is 2.73. The van der Waals surface area contributed by atoms with Crippen LogP contribution in [0.1, 0.15) is 18.5 Å². The fourth-order valence-electron chi connectivity index (χ4n) is 2.73. The Bertz CT molecular complexity index is 914. The minimum absolute atomic E-state index is 0.386. The Morgan fingerprint density at radius 3 is 2.41 bits per heavy atom. The molecule has 1 aromatic heterocycles. The van der Waals surface area contributed by atoms with Crippen molar-refractivity contribution >= 4 is 5.84 Å². The molecule has 0 fully saturated rings. The molecule has 0 saturated carbocycles. The molecular formula is C22H25N5O2. The second-order valence-electron chi connectivity index (χ2n) is 6.34. The van der Waals surface area contributed by atoms with Crippen molar-refractivity contribution in [2.75, 3.05) is 6.61 Å². The zero-order chi connectivity index (χ0) is 20.3. The zero-order valence-corrected chi connectivity index (χ0v) is 16.1. The van der Waals surface area contributed by atoms with E-state index in [1.54, 1.807) is 0 Å².